The molecule has 0 saturated heterocycles. The van der Waals surface area contributed by atoms with E-state index in [0.29, 0.717) is 91.9 Å². The van der Waals surface area contributed by atoms with Crippen LogP contribution in [0.2, 0.25) is 0 Å². The number of nitrogens with zero attached hydrogens (tertiary/aromatic N) is 7. The van der Waals surface area contributed by atoms with Gasteiger partial charge in [-0.1, -0.05) is 6.92 Å². The van der Waals surface area contributed by atoms with Gasteiger partial charge in [-0.25, -0.2) is 74.3 Å². The number of aromatic amines is 2. The quantitative estimate of drug-likeness (QED) is 0.0276. The molecule has 8 rings (SSSR count). The van der Waals surface area contributed by atoms with E-state index in [-0.39, 0.29) is 12.4 Å². The van der Waals surface area contributed by atoms with Crippen LogP contribution >= 0.6 is 28.7 Å². The van der Waals surface area contributed by atoms with Gasteiger partial charge in [-0.3, -0.25) is 24.0 Å². The van der Waals surface area contributed by atoms with Crippen molar-refractivity contribution >= 4 is 127 Å². The Balaban J connectivity index is 0.00000117. The van der Waals surface area contributed by atoms with Gasteiger partial charge in [0.2, 0.25) is 60.1 Å². The average Bonchev–Trinajstić information content (AvgIpc) is 1.66. The summed E-state index contributed by atoms with van der Waals surface area (Å²) < 4.78 is 147. The molecule has 0 fully saturated rings. The Labute approximate surface area is 636 Å². The molecule has 8 aromatic heterocycles. The number of Topliss-reactive ketones (excluding diaryl/α,β-unsaturated/α-hetero) is 1. The van der Waals surface area contributed by atoms with E-state index < -0.39 is 60.1 Å². The number of aryl methyl sites for hydroxylation is 7. The van der Waals surface area contributed by atoms with Crippen LogP contribution in [0, 0.1) is 132 Å². The van der Waals surface area contributed by atoms with Crippen molar-refractivity contribution in [1.82, 2.24) is 39.1 Å². The molecule has 28 nitrogen and oxygen atoms in total. The maximum absolute atomic E-state index is 11.6. The Hall–Kier alpha value is -7.10. The molecule has 4 N–H and O–H groups in total. The first-order chi connectivity index (χ1) is 47.7. The second-order valence-corrected chi connectivity index (χ2v) is 36.8. The molecule has 585 valence electrons. The predicted molar refractivity (Wildman–Crippen MR) is 424 cm³/mol. The first-order valence-corrected chi connectivity index (χ1v) is 43.9. The van der Waals surface area contributed by atoms with Gasteiger partial charge >= 0.3 is 24.8 Å². The Morgan fingerprint density at radius 3 is 1.06 bits per heavy atom. The average molecular weight is 1660 g/mol. The SMILES string of the molecule is CC(=O)c1c(C)c[nH]c1C.CCc1c(C)cn(S(C)(=O)=O)c1C.CNCc1c(C)c(C)n(S(C)(=O)=O)c1C.Cc1[nH]c(C)c(C=O)c1C.Cc1c(C=O)c(C)n(S(C)(=O)=O)c1Br.Cc1c(C=O)c(C)n(S(C)(=O)=O)c1C.Cc1cn(S(C)(=O)=O)c(C)c1C=O.Cc1cn(S(C)(=O)=O)c(C)c1CO.[B]=NS. The second kappa shape index (κ2) is 40.2. The summed E-state index contributed by atoms with van der Waals surface area (Å²) in [5, 5.41) is 12.0. The summed E-state index contributed by atoms with van der Waals surface area (Å²) in [6, 6.07) is 0. The summed E-state index contributed by atoms with van der Waals surface area (Å²) in [7, 11) is -13.3. The summed E-state index contributed by atoms with van der Waals surface area (Å²) in [6.07, 6.45) is 17.2. The molecule has 8 heterocycles. The number of carbonyl (C=O) groups excluding carboxylic acids is 5. The third-order valence-electron chi connectivity index (χ3n) is 16.9. The first kappa shape index (κ1) is 97.9. The van der Waals surface area contributed by atoms with E-state index in [1.54, 1.807) is 75.4 Å². The van der Waals surface area contributed by atoms with Crippen molar-refractivity contribution in [3.8, 4) is 0 Å². The fraction of sp³-hybridized carbons (Fsp3) is 0.456. The van der Waals surface area contributed by atoms with Crippen LogP contribution in [0.5, 0.6) is 0 Å². The molecule has 0 aromatic carbocycles. The molecule has 0 bridgehead atoms. The van der Waals surface area contributed by atoms with Crippen molar-refractivity contribution in [3.05, 3.63) is 181 Å². The molecule has 0 aliphatic rings. The summed E-state index contributed by atoms with van der Waals surface area (Å²) in [6.45, 7) is 38.4. The molecule has 0 unspecified atom stereocenters. The Morgan fingerprint density at radius 2 is 0.838 bits per heavy atom. The van der Waals surface area contributed by atoms with Gasteiger partial charge in [0, 0.05) is 127 Å². The minimum atomic E-state index is -3.37. The van der Waals surface area contributed by atoms with E-state index in [1.807, 2.05) is 89.4 Å². The third-order valence-corrected chi connectivity index (χ3v) is 24.9. The van der Waals surface area contributed by atoms with Crippen molar-refractivity contribution in [2.75, 3.05) is 44.6 Å². The molecule has 37 heteroatoms. The number of carbonyl (C=O) groups is 5. The van der Waals surface area contributed by atoms with Gasteiger partial charge in [-0.15, -0.1) is 0 Å². The van der Waals surface area contributed by atoms with Crippen molar-refractivity contribution in [2.24, 2.45) is 4.30 Å². The number of aromatic nitrogens is 8. The molecular formula is C68H103BBrN10O18S7. The van der Waals surface area contributed by atoms with Crippen LogP contribution < -0.4 is 5.32 Å². The zero-order chi connectivity index (χ0) is 82.8. The van der Waals surface area contributed by atoms with Crippen LogP contribution in [0.1, 0.15) is 189 Å². The van der Waals surface area contributed by atoms with Crippen molar-refractivity contribution in [3.63, 3.8) is 0 Å². The summed E-state index contributed by atoms with van der Waals surface area (Å²) in [5.41, 5.74) is 20.9. The number of hydrogen-bond acceptors (Lipinski definition) is 21. The molecule has 0 aliphatic heterocycles. The van der Waals surface area contributed by atoms with Crippen LogP contribution in [-0.2, 0) is 79.7 Å². The zero-order valence-corrected chi connectivity index (χ0v) is 72.5. The van der Waals surface area contributed by atoms with Crippen LogP contribution in [-0.4, -0.2) is 173 Å². The molecule has 0 atom stereocenters. The standard InChI is InChI=1S/C10H18N2O2S.C9H13NO3S.C9H15NO2S.C8H10BrNO3S.C8H13NO3S.C8H11NO3S.2C8H11NO.BHNS/c1-7-8(2)12(15(5,13)14)9(3)10(7)6-11-4;1-6-7(2)10(14(4,12)13)8(3)9(6)5-11;1-5-9-7(2)6-10(8(9)3)13(4,11)12;1-5-7(4-11)6(2)10(8(5)9)14(3,12)13;2*1-6-4-9(13(3,11)12)7(2)8(6)5-10;1-5-6(2)9-7(3)8(5)4-10;1-5-4-9-6(2)8(5)7(3)10;1-2-3/h11H,6H2,1-5H3;5H,1-4H3;6H,5H2,1-4H3;4H,1-3H3;4,10H,5H2,1-3H3;4-5H,1-3H3;2*4,9H,1-3H3;3H. The number of rotatable bonds is 15. The molecule has 0 saturated carbocycles. The summed E-state index contributed by atoms with van der Waals surface area (Å²) >= 11 is 6.34. The number of aliphatic hydroxyl groups is 1. The van der Waals surface area contributed by atoms with Gasteiger partial charge in [-0.2, -0.15) is 0 Å². The van der Waals surface area contributed by atoms with E-state index in [1.165, 1.54) is 40.8 Å². The summed E-state index contributed by atoms with van der Waals surface area (Å²) in [4.78, 5) is 59.5. The minimum absolute atomic E-state index is 0.125. The molecule has 0 aliphatic carbocycles. The van der Waals surface area contributed by atoms with E-state index in [0.717, 1.165) is 135 Å². The number of halogens is 1. The monoisotopic (exact) mass is 1660 g/mol. The normalized spacial score (nSPS) is 11.3. The predicted octanol–water partition coefficient (Wildman–Crippen LogP) is 9.84. The number of thiol groups is 1. The van der Waals surface area contributed by atoms with Gasteiger partial charge < -0.3 is 20.4 Å². The number of H-pyrrole nitrogens is 2. The second-order valence-electron chi connectivity index (χ2n) is 24.8. The molecule has 1 radical (unpaired) electrons. The van der Waals surface area contributed by atoms with Crippen LogP contribution in [0.15, 0.2) is 33.7 Å². The van der Waals surface area contributed by atoms with E-state index in [2.05, 4.69) is 56.0 Å². The summed E-state index contributed by atoms with van der Waals surface area (Å²) in [5.74, 6) is 0.135. The van der Waals surface area contributed by atoms with Gasteiger partial charge in [-0.05, 0) is 224 Å². The van der Waals surface area contributed by atoms with Crippen molar-refractivity contribution < 1.29 is 79.6 Å². The number of aldehydes is 4. The molecule has 8 aromatic rings. The van der Waals surface area contributed by atoms with E-state index in [9.17, 15) is 74.5 Å². The van der Waals surface area contributed by atoms with E-state index in [4.69, 9.17) is 5.11 Å². The van der Waals surface area contributed by atoms with Crippen LogP contribution in [0.25, 0.3) is 0 Å². The fourth-order valence-corrected chi connectivity index (χ4v) is 19.2. The number of hydrogen-bond donors (Lipinski definition) is 5. The topological polar surface area (TPSA) is 396 Å². The van der Waals surface area contributed by atoms with Gasteiger partial charge in [0.05, 0.1) is 44.1 Å². The van der Waals surface area contributed by atoms with Crippen molar-refractivity contribution in [1.29, 1.82) is 0 Å². The number of aliphatic hydroxyl groups excluding tert-OH is 1. The van der Waals surface area contributed by atoms with Gasteiger partial charge in [0.1, 0.15) is 4.60 Å². The Bertz CT molecular complexity index is 5020. The van der Waals surface area contributed by atoms with Gasteiger partial charge in [0.25, 0.3) is 0 Å². The zero-order valence-electron chi connectivity index (χ0n) is 65.1. The van der Waals surface area contributed by atoms with Crippen LogP contribution in [0.3, 0.4) is 0 Å². The van der Waals surface area contributed by atoms with Gasteiger partial charge in [0.15, 0.2) is 30.9 Å². The third kappa shape index (κ3) is 25.5. The Kier molecular flexibility index (Phi) is 37.5. The van der Waals surface area contributed by atoms with Crippen molar-refractivity contribution in [2.45, 2.75) is 165 Å². The Morgan fingerprint density at radius 1 is 0.476 bits per heavy atom. The molecule has 105 heavy (non-hydrogen) atoms. The molecule has 0 spiro atoms. The number of ketones is 1. The van der Waals surface area contributed by atoms with Crippen LogP contribution in [0.4, 0.5) is 0 Å². The number of nitrogens with one attached hydrogen (secondary N) is 3. The van der Waals surface area contributed by atoms with E-state index >= 15 is 0 Å². The molecular weight excluding hydrogens is 1560 g/mol. The first-order valence-electron chi connectivity index (χ1n) is 31.7. The fourth-order valence-electron chi connectivity index (χ4n) is 11.5. The maximum atomic E-state index is 11.6. The molecule has 0 amide bonds.